The zero-order valence-corrected chi connectivity index (χ0v) is 13.6. The van der Waals surface area contributed by atoms with E-state index in [-0.39, 0.29) is 11.6 Å². The molecule has 0 radical (unpaired) electrons. The summed E-state index contributed by atoms with van der Waals surface area (Å²) in [4.78, 5) is 28.7. The largest absolute Gasteiger partial charge is 0.288 e. The molecule has 0 atom stereocenters. The molecule has 0 fully saturated rings. The van der Waals surface area contributed by atoms with Gasteiger partial charge in [0, 0.05) is 20.9 Å². The van der Waals surface area contributed by atoms with Gasteiger partial charge in [-0.1, -0.05) is 27.7 Å². The van der Waals surface area contributed by atoms with Gasteiger partial charge in [0.2, 0.25) is 5.78 Å². The fourth-order valence-electron chi connectivity index (χ4n) is 2.31. The van der Waals surface area contributed by atoms with Gasteiger partial charge < -0.3 is 0 Å². The number of carbonyl (C=O) groups is 2. The standard InChI is InChI=1S/C16H16O2S2/c1-7(2)11-5-9-13(17)10-6-12(8(3)4)20-16(10)14(18)15(9)19-11/h5-8H,1-4H3. The molecule has 2 nitrogen and oxygen atoms in total. The molecule has 0 spiro atoms. The Morgan fingerprint density at radius 2 is 1.15 bits per heavy atom. The van der Waals surface area contributed by atoms with Gasteiger partial charge in [0.05, 0.1) is 9.75 Å². The Kier molecular flexibility index (Phi) is 3.18. The van der Waals surface area contributed by atoms with Crippen LogP contribution in [0.25, 0.3) is 0 Å². The van der Waals surface area contributed by atoms with Crippen molar-refractivity contribution in [2.24, 2.45) is 0 Å². The molecule has 0 amide bonds. The van der Waals surface area contributed by atoms with Crippen LogP contribution in [0.15, 0.2) is 12.1 Å². The van der Waals surface area contributed by atoms with Crippen molar-refractivity contribution in [1.82, 2.24) is 0 Å². The summed E-state index contributed by atoms with van der Waals surface area (Å²) in [6.45, 7) is 8.33. The van der Waals surface area contributed by atoms with Crippen molar-refractivity contribution >= 4 is 34.2 Å². The second-order valence-corrected chi connectivity index (χ2v) is 7.92. The molecule has 0 saturated carbocycles. The number of thiophene rings is 2. The third-order valence-electron chi connectivity index (χ3n) is 3.54. The summed E-state index contributed by atoms with van der Waals surface area (Å²) in [6.07, 6.45) is 0. The summed E-state index contributed by atoms with van der Waals surface area (Å²) in [5, 5.41) is 0. The topological polar surface area (TPSA) is 34.1 Å². The van der Waals surface area contributed by atoms with E-state index in [0.29, 0.717) is 32.7 Å². The lowest BCUT2D eigenvalue weighted by Gasteiger charge is -2.08. The number of fused-ring (bicyclic) bond motifs is 2. The highest BCUT2D eigenvalue weighted by molar-refractivity contribution is 7.18. The highest BCUT2D eigenvalue weighted by Crippen LogP contribution is 2.40. The van der Waals surface area contributed by atoms with Crippen molar-refractivity contribution in [3.05, 3.63) is 42.8 Å². The van der Waals surface area contributed by atoms with Gasteiger partial charge in [-0.25, -0.2) is 0 Å². The minimum absolute atomic E-state index is 0.0147. The van der Waals surface area contributed by atoms with E-state index in [1.54, 1.807) is 0 Å². The van der Waals surface area contributed by atoms with Crippen LogP contribution in [0.1, 0.15) is 79.8 Å². The van der Waals surface area contributed by atoms with Crippen LogP contribution >= 0.6 is 22.7 Å². The quantitative estimate of drug-likeness (QED) is 0.679. The van der Waals surface area contributed by atoms with Gasteiger partial charge in [-0.05, 0) is 24.0 Å². The maximum absolute atomic E-state index is 12.6. The van der Waals surface area contributed by atoms with Crippen molar-refractivity contribution < 1.29 is 9.59 Å². The van der Waals surface area contributed by atoms with E-state index >= 15 is 0 Å². The second kappa shape index (κ2) is 4.64. The van der Waals surface area contributed by atoms with Crippen molar-refractivity contribution in [2.75, 3.05) is 0 Å². The lowest BCUT2D eigenvalue weighted by Crippen LogP contribution is -2.15. The summed E-state index contributed by atoms with van der Waals surface area (Å²) < 4.78 is 0. The molecule has 104 valence electrons. The Hall–Kier alpha value is -1.26. The number of ketones is 2. The van der Waals surface area contributed by atoms with E-state index in [1.165, 1.54) is 22.7 Å². The lowest BCUT2D eigenvalue weighted by atomic mass is 9.94. The van der Waals surface area contributed by atoms with Crippen LogP contribution in [-0.4, -0.2) is 11.6 Å². The SMILES string of the molecule is CC(C)c1cc2c(s1)C(=O)c1sc(C(C)C)cc1C2=O. The predicted octanol–water partition coefficient (Wildman–Crippen LogP) is 4.83. The zero-order chi connectivity index (χ0) is 14.6. The lowest BCUT2D eigenvalue weighted by molar-refractivity contribution is 0.0985. The first-order valence-corrected chi connectivity index (χ1v) is 8.40. The monoisotopic (exact) mass is 304 g/mol. The van der Waals surface area contributed by atoms with E-state index in [9.17, 15) is 9.59 Å². The molecule has 0 N–H and O–H groups in total. The molecule has 20 heavy (non-hydrogen) atoms. The Labute approximate surface area is 126 Å². The third-order valence-corrected chi connectivity index (χ3v) is 6.41. The molecule has 0 aliphatic heterocycles. The molecule has 4 heteroatoms. The first kappa shape index (κ1) is 13.7. The van der Waals surface area contributed by atoms with Gasteiger partial charge >= 0.3 is 0 Å². The maximum atomic E-state index is 12.6. The molecular weight excluding hydrogens is 288 g/mol. The highest BCUT2D eigenvalue weighted by Gasteiger charge is 2.34. The predicted molar refractivity (Wildman–Crippen MR) is 83.7 cm³/mol. The molecule has 2 aromatic heterocycles. The number of rotatable bonds is 2. The normalized spacial score (nSPS) is 14.1. The van der Waals surface area contributed by atoms with Crippen LogP contribution in [0, 0.1) is 0 Å². The van der Waals surface area contributed by atoms with Gasteiger partial charge in [-0.3, -0.25) is 9.59 Å². The number of hydrogen-bond donors (Lipinski definition) is 0. The van der Waals surface area contributed by atoms with E-state index in [4.69, 9.17) is 0 Å². The van der Waals surface area contributed by atoms with Crippen molar-refractivity contribution in [3.63, 3.8) is 0 Å². The summed E-state index contributed by atoms with van der Waals surface area (Å²) in [6, 6.07) is 3.81. The van der Waals surface area contributed by atoms with Gasteiger partial charge in [0.1, 0.15) is 0 Å². The molecule has 0 saturated heterocycles. The first-order valence-electron chi connectivity index (χ1n) is 6.77. The smallest absolute Gasteiger partial charge is 0.214 e. The molecule has 3 rings (SSSR count). The average molecular weight is 304 g/mol. The highest BCUT2D eigenvalue weighted by atomic mass is 32.1. The van der Waals surface area contributed by atoms with E-state index in [0.717, 1.165) is 9.75 Å². The first-order chi connectivity index (χ1) is 9.40. The maximum Gasteiger partial charge on any atom is 0.214 e. The molecule has 1 aliphatic carbocycles. The van der Waals surface area contributed by atoms with E-state index in [2.05, 4.69) is 27.7 Å². The molecule has 2 aromatic rings. The molecule has 0 unspecified atom stereocenters. The fourth-order valence-corrected chi connectivity index (χ4v) is 4.59. The summed E-state index contributed by atoms with van der Waals surface area (Å²) in [5.74, 6) is 0.732. The van der Waals surface area contributed by atoms with Crippen LogP contribution in [0.3, 0.4) is 0 Å². The second-order valence-electron chi connectivity index (χ2n) is 5.75. The molecule has 2 heterocycles. The molecule has 0 aromatic carbocycles. The molecule has 0 bridgehead atoms. The van der Waals surface area contributed by atoms with Crippen LogP contribution in [0.5, 0.6) is 0 Å². The third kappa shape index (κ3) is 1.90. The summed E-state index contributed by atoms with van der Waals surface area (Å²) in [5.41, 5.74) is 1.20. The number of carbonyl (C=O) groups excluding carboxylic acids is 2. The van der Waals surface area contributed by atoms with Crippen molar-refractivity contribution in [3.8, 4) is 0 Å². The van der Waals surface area contributed by atoms with Crippen LogP contribution in [0.4, 0.5) is 0 Å². The van der Waals surface area contributed by atoms with Crippen molar-refractivity contribution in [1.29, 1.82) is 0 Å². The Morgan fingerprint density at radius 1 is 0.750 bits per heavy atom. The van der Waals surface area contributed by atoms with E-state index in [1.807, 2.05) is 12.1 Å². The van der Waals surface area contributed by atoms with E-state index < -0.39 is 0 Å². The number of hydrogen-bond acceptors (Lipinski definition) is 4. The zero-order valence-electron chi connectivity index (χ0n) is 11.9. The van der Waals surface area contributed by atoms with Crippen LogP contribution in [0.2, 0.25) is 0 Å². The van der Waals surface area contributed by atoms with Gasteiger partial charge in [-0.15, -0.1) is 22.7 Å². The minimum Gasteiger partial charge on any atom is -0.288 e. The molecular formula is C16H16O2S2. The fraction of sp³-hybridized carbons (Fsp3) is 0.375. The Bertz CT molecular complexity index is 608. The summed E-state index contributed by atoms with van der Waals surface area (Å²) >= 11 is 2.95. The summed E-state index contributed by atoms with van der Waals surface area (Å²) in [7, 11) is 0. The van der Waals surface area contributed by atoms with Crippen LogP contribution in [-0.2, 0) is 0 Å². The van der Waals surface area contributed by atoms with Gasteiger partial charge in [-0.2, -0.15) is 0 Å². The average Bonchev–Trinajstić information content (AvgIpc) is 3.00. The van der Waals surface area contributed by atoms with Crippen molar-refractivity contribution in [2.45, 2.75) is 39.5 Å². The Balaban J connectivity index is 2.16. The van der Waals surface area contributed by atoms with Crippen LogP contribution < -0.4 is 0 Å². The minimum atomic E-state index is 0.0147. The van der Waals surface area contributed by atoms with Gasteiger partial charge in [0.25, 0.3) is 0 Å². The molecule has 1 aliphatic rings. The van der Waals surface area contributed by atoms with Gasteiger partial charge in [0.15, 0.2) is 5.78 Å². The Morgan fingerprint density at radius 3 is 1.50 bits per heavy atom.